The second-order valence-electron chi connectivity index (χ2n) is 5.20. The highest BCUT2D eigenvalue weighted by Gasteiger charge is 2.19. The Balaban J connectivity index is 2.28. The SMILES string of the molecule is CC(C)CN(CCC#N)C(=O)c1csc2ccccc12. The van der Waals surface area contributed by atoms with Gasteiger partial charge in [-0.15, -0.1) is 11.3 Å². The molecule has 0 N–H and O–H groups in total. The van der Waals surface area contributed by atoms with Gasteiger partial charge in [-0.05, 0) is 12.0 Å². The summed E-state index contributed by atoms with van der Waals surface area (Å²) in [6.07, 6.45) is 0.376. The van der Waals surface area contributed by atoms with Crippen LogP contribution >= 0.6 is 11.3 Å². The molecule has 0 aliphatic carbocycles. The maximum Gasteiger partial charge on any atom is 0.255 e. The van der Waals surface area contributed by atoms with Crippen LogP contribution in [0.3, 0.4) is 0 Å². The summed E-state index contributed by atoms with van der Waals surface area (Å²) in [4.78, 5) is 14.5. The molecular weight excluding hydrogens is 268 g/mol. The number of nitriles is 1. The summed E-state index contributed by atoms with van der Waals surface area (Å²) < 4.78 is 1.13. The molecule has 1 amide bonds. The second-order valence-corrected chi connectivity index (χ2v) is 6.11. The van der Waals surface area contributed by atoms with Gasteiger partial charge in [0.05, 0.1) is 18.1 Å². The fourth-order valence-electron chi connectivity index (χ4n) is 2.22. The van der Waals surface area contributed by atoms with E-state index in [0.717, 1.165) is 15.6 Å². The van der Waals surface area contributed by atoms with Crippen molar-refractivity contribution >= 4 is 27.3 Å². The van der Waals surface area contributed by atoms with Crippen molar-refractivity contribution in [3.63, 3.8) is 0 Å². The molecule has 0 unspecified atom stereocenters. The minimum atomic E-state index is 0.0337. The lowest BCUT2D eigenvalue weighted by atomic mass is 10.1. The summed E-state index contributed by atoms with van der Waals surface area (Å²) in [6, 6.07) is 10.1. The highest BCUT2D eigenvalue weighted by Crippen LogP contribution is 2.26. The van der Waals surface area contributed by atoms with Gasteiger partial charge in [-0.3, -0.25) is 4.79 Å². The predicted molar refractivity (Wildman–Crippen MR) is 82.8 cm³/mol. The minimum Gasteiger partial charge on any atom is -0.337 e. The number of fused-ring (bicyclic) bond motifs is 1. The van der Waals surface area contributed by atoms with Crippen molar-refractivity contribution in [3.05, 3.63) is 35.2 Å². The highest BCUT2D eigenvalue weighted by molar-refractivity contribution is 7.17. The maximum absolute atomic E-state index is 12.7. The second kappa shape index (κ2) is 6.53. The van der Waals surface area contributed by atoms with Gasteiger partial charge >= 0.3 is 0 Å². The van der Waals surface area contributed by atoms with Gasteiger partial charge in [-0.1, -0.05) is 32.0 Å². The van der Waals surface area contributed by atoms with E-state index in [1.54, 1.807) is 16.2 Å². The van der Waals surface area contributed by atoms with Crippen LogP contribution in [0.15, 0.2) is 29.6 Å². The van der Waals surface area contributed by atoms with E-state index >= 15 is 0 Å². The van der Waals surface area contributed by atoms with Gasteiger partial charge in [-0.25, -0.2) is 0 Å². The van der Waals surface area contributed by atoms with Gasteiger partial charge in [0.2, 0.25) is 0 Å². The van der Waals surface area contributed by atoms with E-state index in [1.165, 1.54) is 0 Å². The van der Waals surface area contributed by atoms with Gasteiger partial charge in [0.1, 0.15) is 0 Å². The minimum absolute atomic E-state index is 0.0337. The highest BCUT2D eigenvalue weighted by atomic mass is 32.1. The molecule has 3 nitrogen and oxygen atoms in total. The molecule has 0 bridgehead atoms. The zero-order chi connectivity index (χ0) is 14.5. The first-order valence-corrected chi connectivity index (χ1v) is 7.64. The number of carbonyl (C=O) groups excluding carboxylic acids is 1. The van der Waals surface area contributed by atoms with Crippen LogP contribution in [0.4, 0.5) is 0 Å². The van der Waals surface area contributed by atoms with Crippen LogP contribution in [-0.4, -0.2) is 23.9 Å². The smallest absolute Gasteiger partial charge is 0.255 e. The van der Waals surface area contributed by atoms with Crippen LogP contribution in [0, 0.1) is 17.2 Å². The molecule has 2 aromatic rings. The Morgan fingerprint density at radius 3 is 2.85 bits per heavy atom. The molecule has 0 fully saturated rings. The van der Waals surface area contributed by atoms with E-state index in [0.29, 0.717) is 25.4 Å². The summed E-state index contributed by atoms with van der Waals surface area (Å²) in [7, 11) is 0. The van der Waals surface area contributed by atoms with Crippen LogP contribution in [0.5, 0.6) is 0 Å². The Kier molecular flexibility index (Phi) is 4.75. The summed E-state index contributed by atoms with van der Waals surface area (Å²) >= 11 is 1.59. The van der Waals surface area contributed by atoms with E-state index in [9.17, 15) is 4.79 Å². The molecule has 0 aliphatic heterocycles. The van der Waals surface area contributed by atoms with Gasteiger partial charge in [0.15, 0.2) is 0 Å². The molecule has 20 heavy (non-hydrogen) atoms. The third-order valence-corrected chi connectivity index (χ3v) is 4.04. The quantitative estimate of drug-likeness (QED) is 0.836. The van der Waals surface area contributed by atoms with Crippen molar-refractivity contribution in [3.8, 4) is 6.07 Å². The molecule has 0 radical (unpaired) electrons. The molecule has 1 aromatic heterocycles. The number of thiophene rings is 1. The zero-order valence-corrected chi connectivity index (χ0v) is 12.6. The molecule has 2 rings (SSSR count). The molecule has 1 heterocycles. The Bertz CT molecular complexity index is 639. The Morgan fingerprint density at radius 1 is 1.40 bits per heavy atom. The first-order chi connectivity index (χ1) is 9.63. The van der Waals surface area contributed by atoms with Crippen molar-refractivity contribution in [2.24, 2.45) is 5.92 Å². The van der Waals surface area contributed by atoms with Gasteiger partial charge < -0.3 is 4.90 Å². The van der Waals surface area contributed by atoms with Crippen molar-refractivity contribution in [1.29, 1.82) is 5.26 Å². The van der Waals surface area contributed by atoms with E-state index in [1.807, 2.05) is 29.6 Å². The van der Waals surface area contributed by atoms with Gasteiger partial charge in [0, 0.05) is 28.6 Å². The lowest BCUT2D eigenvalue weighted by Crippen LogP contribution is -2.34. The third kappa shape index (κ3) is 3.17. The molecule has 0 saturated heterocycles. The van der Waals surface area contributed by atoms with E-state index in [4.69, 9.17) is 5.26 Å². The number of amides is 1. The van der Waals surface area contributed by atoms with Crippen molar-refractivity contribution in [2.75, 3.05) is 13.1 Å². The van der Waals surface area contributed by atoms with Gasteiger partial charge in [-0.2, -0.15) is 5.26 Å². The standard InChI is InChI=1S/C16H18N2OS/c1-12(2)10-18(9-5-8-17)16(19)14-11-20-15-7-4-3-6-13(14)15/h3-4,6-7,11-12H,5,9-10H2,1-2H3. The first kappa shape index (κ1) is 14.5. The molecule has 0 spiro atoms. The number of nitrogens with zero attached hydrogens (tertiary/aromatic N) is 2. The molecule has 0 atom stereocenters. The van der Waals surface area contributed by atoms with Crippen LogP contribution in [0.1, 0.15) is 30.6 Å². The summed E-state index contributed by atoms with van der Waals surface area (Å²) in [5.41, 5.74) is 0.754. The number of hydrogen-bond donors (Lipinski definition) is 0. The zero-order valence-electron chi connectivity index (χ0n) is 11.8. The normalized spacial score (nSPS) is 10.7. The maximum atomic E-state index is 12.7. The summed E-state index contributed by atoms with van der Waals surface area (Å²) in [6.45, 7) is 5.35. The van der Waals surface area contributed by atoms with Gasteiger partial charge in [0.25, 0.3) is 5.91 Å². The fraction of sp³-hybridized carbons (Fsp3) is 0.375. The molecule has 104 valence electrons. The topological polar surface area (TPSA) is 44.1 Å². The Labute approximate surface area is 123 Å². The molecular formula is C16H18N2OS. The Morgan fingerprint density at radius 2 is 2.15 bits per heavy atom. The van der Waals surface area contributed by atoms with Crippen molar-refractivity contribution in [2.45, 2.75) is 20.3 Å². The molecule has 1 aromatic carbocycles. The number of benzene rings is 1. The average molecular weight is 286 g/mol. The molecule has 4 heteroatoms. The Hall–Kier alpha value is -1.86. The lowest BCUT2D eigenvalue weighted by Gasteiger charge is -2.23. The van der Waals surface area contributed by atoms with E-state index in [-0.39, 0.29) is 5.91 Å². The largest absolute Gasteiger partial charge is 0.337 e. The lowest BCUT2D eigenvalue weighted by molar-refractivity contribution is 0.0742. The molecule has 0 aliphatic rings. The first-order valence-electron chi connectivity index (χ1n) is 6.76. The number of rotatable bonds is 5. The van der Waals surface area contributed by atoms with E-state index in [2.05, 4.69) is 19.9 Å². The average Bonchev–Trinajstić information content (AvgIpc) is 2.86. The number of hydrogen-bond acceptors (Lipinski definition) is 3. The van der Waals surface area contributed by atoms with Crippen LogP contribution in [0.25, 0.3) is 10.1 Å². The number of carbonyl (C=O) groups is 1. The van der Waals surface area contributed by atoms with E-state index < -0.39 is 0 Å². The fourth-order valence-corrected chi connectivity index (χ4v) is 3.15. The molecule has 0 saturated carbocycles. The van der Waals surface area contributed by atoms with Crippen LogP contribution in [0.2, 0.25) is 0 Å². The van der Waals surface area contributed by atoms with Crippen molar-refractivity contribution < 1.29 is 4.79 Å². The summed E-state index contributed by atoms with van der Waals surface area (Å²) in [5, 5.41) is 11.7. The monoisotopic (exact) mass is 286 g/mol. The predicted octanol–water partition coefficient (Wildman–Crippen LogP) is 3.91. The third-order valence-electron chi connectivity index (χ3n) is 3.08. The van der Waals surface area contributed by atoms with Crippen molar-refractivity contribution in [1.82, 2.24) is 4.90 Å². The van der Waals surface area contributed by atoms with Crippen LogP contribution < -0.4 is 0 Å². The van der Waals surface area contributed by atoms with Crippen LogP contribution in [-0.2, 0) is 0 Å². The summed E-state index contributed by atoms with van der Waals surface area (Å²) in [5.74, 6) is 0.425.